The molecule has 1 saturated heterocycles. The summed E-state index contributed by atoms with van der Waals surface area (Å²) < 4.78 is 0. The molecule has 0 radical (unpaired) electrons. The van der Waals surface area contributed by atoms with Gasteiger partial charge in [-0.1, -0.05) is 35.3 Å². The lowest BCUT2D eigenvalue weighted by Gasteiger charge is -2.27. The van der Waals surface area contributed by atoms with Crippen LogP contribution in [-0.4, -0.2) is 23.4 Å². The molecule has 1 aromatic rings. The minimum absolute atomic E-state index is 0.0704. The molecule has 0 bridgehead atoms. The van der Waals surface area contributed by atoms with Crippen LogP contribution >= 0.6 is 23.2 Å². The standard InChI is InChI=1S/C12H14Cl2N2O/c1-2-16-10(17)6-9(15)12(16)7-4-3-5-8(13)11(7)14/h3-5,9,12H,2,6,15H2,1H3. The fourth-order valence-electron chi connectivity index (χ4n) is 2.34. The topological polar surface area (TPSA) is 46.3 Å². The number of carbonyl (C=O) groups excluding carboxylic acids is 1. The first-order valence-corrected chi connectivity index (χ1v) is 6.30. The van der Waals surface area contributed by atoms with Gasteiger partial charge >= 0.3 is 0 Å². The second kappa shape index (κ2) is 4.84. The molecule has 1 aromatic carbocycles. The van der Waals surface area contributed by atoms with Gasteiger partial charge in [0.05, 0.1) is 16.1 Å². The number of benzene rings is 1. The molecule has 2 N–H and O–H groups in total. The number of rotatable bonds is 2. The van der Waals surface area contributed by atoms with Gasteiger partial charge < -0.3 is 10.6 Å². The zero-order valence-corrected chi connectivity index (χ0v) is 11.0. The summed E-state index contributed by atoms with van der Waals surface area (Å²) in [6.45, 7) is 2.56. The van der Waals surface area contributed by atoms with Crippen molar-refractivity contribution in [3.63, 3.8) is 0 Å². The minimum atomic E-state index is -0.224. The summed E-state index contributed by atoms with van der Waals surface area (Å²) >= 11 is 12.2. The number of likely N-dealkylation sites (tertiary alicyclic amines) is 1. The SMILES string of the molecule is CCN1C(=O)CC(N)C1c1cccc(Cl)c1Cl. The molecule has 2 rings (SSSR count). The van der Waals surface area contributed by atoms with E-state index in [1.165, 1.54) is 0 Å². The summed E-state index contributed by atoms with van der Waals surface area (Å²) in [5, 5.41) is 0.981. The van der Waals surface area contributed by atoms with Crippen LogP contribution in [0.2, 0.25) is 10.0 Å². The van der Waals surface area contributed by atoms with E-state index < -0.39 is 0 Å². The Labute approximate surface area is 110 Å². The van der Waals surface area contributed by atoms with Crippen molar-refractivity contribution in [1.82, 2.24) is 4.90 Å². The summed E-state index contributed by atoms with van der Waals surface area (Å²) in [4.78, 5) is 13.5. The van der Waals surface area contributed by atoms with E-state index in [4.69, 9.17) is 28.9 Å². The summed E-state index contributed by atoms with van der Waals surface area (Å²) in [5.41, 5.74) is 6.85. The number of likely N-dealkylation sites (N-methyl/N-ethyl adjacent to an activating group) is 1. The van der Waals surface area contributed by atoms with E-state index in [-0.39, 0.29) is 18.0 Å². The van der Waals surface area contributed by atoms with Gasteiger partial charge in [0, 0.05) is 19.0 Å². The molecule has 92 valence electrons. The van der Waals surface area contributed by atoms with Crippen LogP contribution in [0.25, 0.3) is 0 Å². The van der Waals surface area contributed by atoms with E-state index in [0.29, 0.717) is 23.0 Å². The number of amides is 1. The van der Waals surface area contributed by atoms with Gasteiger partial charge in [0.15, 0.2) is 0 Å². The smallest absolute Gasteiger partial charge is 0.224 e. The highest BCUT2D eigenvalue weighted by Gasteiger charge is 2.38. The lowest BCUT2D eigenvalue weighted by molar-refractivity contribution is -0.128. The molecule has 1 aliphatic rings. The number of hydrogen-bond donors (Lipinski definition) is 1. The number of hydrogen-bond acceptors (Lipinski definition) is 2. The lowest BCUT2D eigenvalue weighted by Crippen LogP contribution is -2.33. The zero-order chi connectivity index (χ0) is 12.6. The van der Waals surface area contributed by atoms with Crippen molar-refractivity contribution in [2.45, 2.75) is 25.4 Å². The van der Waals surface area contributed by atoms with Gasteiger partial charge in [0.25, 0.3) is 0 Å². The van der Waals surface area contributed by atoms with E-state index in [9.17, 15) is 4.79 Å². The molecule has 0 spiro atoms. The highest BCUT2D eigenvalue weighted by Crippen LogP contribution is 2.38. The van der Waals surface area contributed by atoms with Crippen LogP contribution in [0.5, 0.6) is 0 Å². The third kappa shape index (κ3) is 2.15. The lowest BCUT2D eigenvalue weighted by atomic mass is 10.0. The fraction of sp³-hybridized carbons (Fsp3) is 0.417. The number of carbonyl (C=O) groups is 1. The zero-order valence-electron chi connectivity index (χ0n) is 9.49. The quantitative estimate of drug-likeness (QED) is 0.900. The maximum atomic E-state index is 11.8. The van der Waals surface area contributed by atoms with Crippen LogP contribution < -0.4 is 5.73 Å². The number of nitrogens with two attached hydrogens (primary N) is 1. The van der Waals surface area contributed by atoms with Crippen molar-refractivity contribution in [1.29, 1.82) is 0 Å². The van der Waals surface area contributed by atoms with E-state index in [2.05, 4.69) is 0 Å². The number of nitrogens with zero attached hydrogens (tertiary/aromatic N) is 1. The monoisotopic (exact) mass is 272 g/mol. The maximum absolute atomic E-state index is 11.8. The molecule has 5 heteroatoms. The Morgan fingerprint density at radius 2 is 2.18 bits per heavy atom. The molecule has 2 atom stereocenters. The van der Waals surface area contributed by atoms with Crippen LogP contribution in [0.4, 0.5) is 0 Å². The third-order valence-electron chi connectivity index (χ3n) is 3.11. The first kappa shape index (κ1) is 12.7. The molecular formula is C12H14Cl2N2O. The third-order valence-corrected chi connectivity index (χ3v) is 3.95. The van der Waals surface area contributed by atoms with Gasteiger partial charge in [-0.25, -0.2) is 0 Å². The Morgan fingerprint density at radius 3 is 2.82 bits per heavy atom. The maximum Gasteiger partial charge on any atom is 0.224 e. The predicted octanol–water partition coefficient (Wildman–Crippen LogP) is 2.61. The summed E-state index contributed by atoms with van der Waals surface area (Å²) in [6, 6.07) is 5.04. The van der Waals surface area contributed by atoms with Crippen LogP contribution in [-0.2, 0) is 4.79 Å². The summed E-state index contributed by atoms with van der Waals surface area (Å²) in [5.74, 6) is 0.0704. The molecule has 3 nitrogen and oxygen atoms in total. The largest absolute Gasteiger partial charge is 0.334 e. The van der Waals surface area contributed by atoms with E-state index in [1.807, 2.05) is 19.1 Å². The Balaban J connectivity index is 2.44. The van der Waals surface area contributed by atoms with Crippen molar-refractivity contribution in [2.75, 3.05) is 6.54 Å². The van der Waals surface area contributed by atoms with Gasteiger partial charge in [-0.3, -0.25) is 4.79 Å². The Morgan fingerprint density at radius 1 is 1.47 bits per heavy atom. The molecular weight excluding hydrogens is 259 g/mol. The molecule has 17 heavy (non-hydrogen) atoms. The summed E-state index contributed by atoms with van der Waals surface area (Å²) in [7, 11) is 0. The molecule has 1 fully saturated rings. The first-order valence-electron chi connectivity index (χ1n) is 5.55. The number of halogens is 2. The van der Waals surface area contributed by atoms with Gasteiger partial charge in [0.2, 0.25) is 5.91 Å². The Hall–Kier alpha value is -0.770. The average Bonchev–Trinajstić information content (AvgIpc) is 2.57. The van der Waals surface area contributed by atoms with Gasteiger partial charge in [-0.2, -0.15) is 0 Å². The van der Waals surface area contributed by atoms with Gasteiger partial charge in [0.1, 0.15) is 0 Å². The van der Waals surface area contributed by atoms with E-state index >= 15 is 0 Å². The highest BCUT2D eigenvalue weighted by atomic mass is 35.5. The molecule has 1 amide bonds. The van der Waals surface area contributed by atoms with Crippen molar-refractivity contribution < 1.29 is 4.79 Å². The first-order chi connectivity index (χ1) is 8.06. The molecule has 0 saturated carbocycles. The predicted molar refractivity (Wildman–Crippen MR) is 69.2 cm³/mol. The van der Waals surface area contributed by atoms with Crippen molar-refractivity contribution in [2.24, 2.45) is 5.73 Å². The van der Waals surface area contributed by atoms with Gasteiger partial charge in [-0.15, -0.1) is 0 Å². The normalized spacial score (nSPS) is 24.5. The van der Waals surface area contributed by atoms with E-state index in [1.54, 1.807) is 11.0 Å². The Bertz CT molecular complexity index is 450. The van der Waals surface area contributed by atoms with Crippen LogP contribution in [0.15, 0.2) is 18.2 Å². The van der Waals surface area contributed by atoms with Crippen molar-refractivity contribution in [3.8, 4) is 0 Å². The molecule has 0 aromatic heterocycles. The van der Waals surface area contributed by atoms with Crippen LogP contribution in [0, 0.1) is 0 Å². The van der Waals surface area contributed by atoms with Crippen molar-refractivity contribution >= 4 is 29.1 Å². The summed E-state index contributed by atoms with van der Waals surface area (Å²) in [6.07, 6.45) is 0.362. The Kier molecular flexibility index (Phi) is 3.61. The highest BCUT2D eigenvalue weighted by molar-refractivity contribution is 6.42. The minimum Gasteiger partial charge on any atom is -0.334 e. The van der Waals surface area contributed by atoms with Crippen LogP contribution in [0.1, 0.15) is 24.9 Å². The molecule has 1 heterocycles. The molecule has 0 aliphatic carbocycles. The average molecular weight is 273 g/mol. The van der Waals surface area contributed by atoms with E-state index in [0.717, 1.165) is 5.56 Å². The fourth-order valence-corrected chi connectivity index (χ4v) is 2.76. The second-order valence-electron chi connectivity index (χ2n) is 4.14. The molecule has 1 aliphatic heterocycles. The molecule has 2 unspecified atom stereocenters. The van der Waals surface area contributed by atoms with Crippen LogP contribution in [0.3, 0.4) is 0 Å². The second-order valence-corrected chi connectivity index (χ2v) is 4.92. The van der Waals surface area contributed by atoms with Crippen molar-refractivity contribution in [3.05, 3.63) is 33.8 Å². The van der Waals surface area contributed by atoms with Gasteiger partial charge in [-0.05, 0) is 18.6 Å².